The van der Waals surface area contributed by atoms with Gasteiger partial charge in [0.05, 0.1) is 11.9 Å². The number of anilines is 1. The second-order valence-electron chi connectivity index (χ2n) is 2.75. The molecule has 0 unspecified atom stereocenters. The van der Waals surface area contributed by atoms with Gasteiger partial charge in [-0.1, -0.05) is 12.1 Å². The summed E-state index contributed by atoms with van der Waals surface area (Å²) < 4.78 is 51.8. The van der Waals surface area contributed by atoms with Crippen LogP contribution in [0.3, 0.4) is 0 Å². The Morgan fingerprint density at radius 3 is 2.47 bits per heavy atom. The Bertz CT molecular complexity index is 433. The van der Waals surface area contributed by atoms with Crippen molar-refractivity contribution in [2.24, 2.45) is 0 Å². The number of benzene rings is 1. The fourth-order valence-electron chi connectivity index (χ4n) is 0.949. The maximum absolute atomic E-state index is 11.9. The molecular formula is C8H9F2NO3S. The van der Waals surface area contributed by atoms with Crippen LogP contribution in [-0.4, -0.2) is 21.3 Å². The number of halogens is 2. The summed E-state index contributed by atoms with van der Waals surface area (Å²) in [6.07, 6.45) is 0.923. The van der Waals surface area contributed by atoms with E-state index in [2.05, 4.69) is 9.46 Å². The van der Waals surface area contributed by atoms with Crippen molar-refractivity contribution in [2.45, 2.75) is 6.61 Å². The molecule has 84 valence electrons. The van der Waals surface area contributed by atoms with E-state index in [1.807, 2.05) is 0 Å². The fourth-order valence-corrected chi connectivity index (χ4v) is 1.52. The number of hydrogen-bond acceptors (Lipinski definition) is 3. The third kappa shape index (κ3) is 4.11. The highest BCUT2D eigenvalue weighted by Crippen LogP contribution is 2.25. The van der Waals surface area contributed by atoms with Gasteiger partial charge in [0.25, 0.3) is 0 Å². The van der Waals surface area contributed by atoms with Crippen molar-refractivity contribution >= 4 is 15.7 Å². The topological polar surface area (TPSA) is 55.4 Å². The molecule has 0 amide bonds. The Balaban J connectivity index is 2.96. The summed E-state index contributed by atoms with van der Waals surface area (Å²) in [5, 5.41) is 0. The predicted octanol–water partition coefficient (Wildman–Crippen LogP) is 1.66. The van der Waals surface area contributed by atoms with Crippen LogP contribution in [0.5, 0.6) is 5.75 Å². The number of sulfonamides is 1. The number of alkyl halides is 2. The van der Waals surface area contributed by atoms with E-state index in [1.54, 1.807) is 0 Å². The molecule has 7 heteroatoms. The van der Waals surface area contributed by atoms with Gasteiger partial charge < -0.3 is 4.74 Å². The van der Waals surface area contributed by atoms with Crippen LogP contribution >= 0.6 is 0 Å². The quantitative estimate of drug-likeness (QED) is 0.866. The first-order valence-electron chi connectivity index (χ1n) is 3.90. The van der Waals surface area contributed by atoms with E-state index in [0.29, 0.717) is 0 Å². The summed E-state index contributed by atoms with van der Waals surface area (Å²) in [6, 6.07) is 5.55. The lowest BCUT2D eigenvalue weighted by atomic mass is 10.3. The zero-order valence-electron chi connectivity index (χ0n) is 7.78. The Labute approximate surface area is 85.9 Å². The molecule has 1 aromatic carbocycles. The van der Waals surface area contributed by atoms with Crippen LogP contribution in [0.25, 0.3) is 0 Å². The molecule has 0 heterocycles. The van der Waals surface area contributed by atoms with Crippen LogP contribution in [0.1, 0.15) is 0 Å². The molecule has 0 aliphatic carbocycles. The molecule has 0 radical (unpaired) electrons. The number of nitrogens with one attached hydrogen (secondary N) is 1. The molecule has 0 spiro atoms. The Kier molecular flexibility index (Phi) is 3.46. The van der Waals surface area contributed by atoms with Crippen molar-refractivity contribution in [1.82, 2.24) is 0 Å². The first kappa shape index (κ1) is 11.7. The second-order valence-corrected chi connectivity index (χ2v) is 4.50. The van der Waals surface area contributed by atoms with Gasteiger partial charge in [0.15, 0.2) is 0 Å². The van der Waals surface area contributed by atoms with Gasteiger partial charge in [0.1, 0.15) is 5.75 Å². The Morgan fingerprint density at radius 2 is 1.93 bits per heavy atom. The van der Waals surface area contributed by atoms with Gasteiger partial charge in [-0.05, 0) is 12.1 Å². The van der Waals surface area contributed by atoms with Crippen LogP contribution in [0.4, 0.5) is 14.5 Å². The van der Waals surface area contributed by atoms with Crippen molar-refractivity contribution in [3.63, 3.8) is 0 Å². The van der Waals surface area contributed by atoms with Gasteiger partial charge >= 0.3 is 6.61 Å². The summed E-state index contributed by atoms with van der Waals surface area (Å²) >= 11 is 0. The molecule has 1 N–H and O–H groups in total. The van der Waals surface area contributed by atoms with Crippen LogP contribution in [0.15, 0.2) is 24.3 Å². The van der Waals surface area contributed by atoms with Crippen LogP contribution < -0.4 is 9.46 Å². The summed E-state index contributed by atoms with van der Waals surface area (Å²) in [4.78, 5) is 0. The van der Waals surface area contributed by atoms with E-state index in [9.17, 15) is 17.2 Å². The summed E-state index contributed by atoms with van der Waals surface area (Å²) in [5.41, 5.74) is -0.0136. The molecule has 0 fully saturated rings. The lowest BCUT2D eigenvalue weighted by Crippen LogP contribution is -2.12. The minimum absolute atomic E-state index is 0.0136. The predicted molar refractivity (Wildman–Crippen MR) is 51.5 cm³/mol. The Hall–Kier alpha value is -1.37. The molecular weight excluding hydrogens is 228 g/mol. The highest BCUT2D eigenvalue weighted by atomic mass is 32.2. The molecule has 0 bridgehead atoms. The number of para-hydroxylation sites is 2. The van der Waals surface area contributed by atoms with E-state index in [4.69, 9.17) is 0 Å². The summed E-state index contributed by atoms with van der Waals surface area (Å²) in [7, 11) is -3.51. The van der Waals surface area contributed by atoms with E-state index in [0.717, 1.165) is 6.26 Å². The Morgan fingerprint density at radius 1 is 1.33 bits per heavy atom. The molecule has 4 nitrogen and oxygen atoms in total. The summed E-state index contributed by atoms with van der Waals surface area (Å²) in [5.74, 6) is -0.210. The maximum atomic E-state index is 11.9. The zero-order chi connectivity index (χ0) is 11.5. The van der Waals surface area contributed by atoms with Crippen LogP contribution in [0, 0.1) is 0 Å². The highest BCUT2D eigenvalue weighted by Gasteiger charge is 2.11. The van der Waals surface area contributed by atoms with Gasteiger partial charge in [-0.25, -0.2) is 8.42 Å². The van der Waals surface area contributed by atoms with Gasteiger partial charge in [-0.2, -0.15) is 8.78 Å². The van der Waals surface area contributed by atoms with E-state index < -0.39 is 16.6 Å². The largest absolute Gasteiger partial charge is 0.433 e. The standard InChI is InChI=1S/C8H9F2NO3S/c1-15(12,13)11-6-4-2-3-5-7(6)14-8(9)10/h2-5,8,11H,1H3. The normalized spacial score (nSPS) is 11.5. The molecule has 0 aliphatic rings. The zero-order valence-corrected chi connectivity index (χ0v) is 8.59. The third-order valence-electron chi connectivity index (χ3n) is 1.40. The van der Waals surface area contributed by atoms with Crippen LogP contribution in [0.2, 0.25) is 0 Å². The maximum Gasteiger partial charge on any atom is 0.387 e. The van der Waals surface area contributed by atoms with Crippen molar-refractivity contribution in [3.05, 3.63) is 24.3 Å². The van der Waals surface area contributed by atoms with Gasteiger partial charge in [-0.15, -0.1) is 0 Å². The van der Waals surface area contributed by atoms with E-state index in [-0.39, 0.29) is 11.4 Å². The lowest BCUT2D eigenvalue weighted by Gasteiger charge is -2.10. The molecule has 1 rings (SSSR count). The van der Waals surface area contributed by atoms with Crippen molar-refractivity contribution in [1.29, 1.82) is 0 Å². The molecule has 15 heavy (non-hydrogen) atoms. The van der Waals surface area contributed by atoms with E-state index >= 15 is 0 Å². The molecule has 0 saturated heterocycles. The number of hydrogen-bond donors (Lipinski definition) is 1. The number of rotatable bonds is 4. The first-order valence-corrected chi connectivity index (χ1v) is 5.79. The van der Waals surface area contributed by atoms with Crippen molar-refractivity contribution < 1.29 is 21.9 Å². The molecule has 0 aliphatic heterocycles. The van der Waals surface area contributed by atoms with Crippen molar-refractivity contribution in [3.8, 4) is 5.75 Å². The van der Waals surface area contributed by atoms with Gasteiger partial charge in [-0.3, -0.25) is 4.72 Å². The first-order chi connectivity index (χ1) is 6.88. The lowest BCUT2D eigenvalue weighted by molar-refractivity contribution is -0.0493. The molecule has 0 saturated carbocycles. The van der Waals surface area contributed by atoms with Crippen LogP contribution in [-0.2, 0) is 10.0 Å². The second kappa shape index (κ2) is 4.43. The molecule has 0 atom stereocenters. The molecule has 0 aromatic heterocycles. The number of ether oxygens (including phenoxy) is 1. The average Bonchev–Trinajstić information content (AvgIpc) is 2.05. The van der Waals surface area contributed by atoms with Gasteiger partial charge in [0.2, 0.25) is 10.0 Å². The monoisotopic (exact) mass is 237 g/mol. The minimum Gasteiger partial charge on any atom is -0.433 e. The smallest absolute Gasteiger partial charge is 0.387 e. The highest BCUT2D eigenvalue weighted by molar-refractivity contribution is 7.92. The van der Waals surface area contributed by atoms with Crippen molar-refractivity contribution in [2.75, 3.05) is 11.0 Å². The minimum atomic E-state index is -3.51. The average molecular weight is 237 g/mol. The fraction of sp³-hybridized carbons (Fsp3) is 0.250. The summed E-state index contributed by atoms with van der Waals surface area (Å²) in [6.45, 7) is -2.99. The molecule has 1 aromatic rings. The van der Waals surface area contributed by atoms with Gasteiger partial charge in [0, 0.05) is 0 Å². The SMILES string of the molecule is CS(=O)(=O)Nc1ccccc1OC(F)F. The third-order valence-corrected chi connectivity index (χ3v) is 1.99. The van der Waals surface area contributed by atoms with E-state index in [1.165, 1.54) is 24.3 Å².